The number of rotatable bonds is 7. The second-order valence-corrected chi connectivity index (χ2v) is 7.00. The zero-order valence-electron chi connectivity index (χ0n) is 10.5. The third kappa shape index (κ3) is 6.60. The summed E-state index contributed by atoms with van der Waals surface area (Å²) < 4.78 is 25.9. The molecule has 0 bridgehead atoms. The Bertz CT molecular complexity index is 303. The highest BCUT2D eigenvalue weighted by Crippen LogP contribution is 2.07. The highest BCUT2D eigenvalue weighted by Gasteiger charge is 2.15. The van der Waals surface area contributed by atoms with Crippen molar-refractivity contribution in [3.8, 4) is 0 Å². The number of nitrogens with zero attached hydrogens (tertiary/aromatic N) is 1. The topological polar surface area (TPSA) is 49.4 Å². The zero-order chi connectivity index (χ0) is 12.7. The van der Waals surface area contributed by atoms with Crippen LogP contribution >= 0.6 is 11.6 Å². The summed E-state index contributed by atoms with van der Waals surface area (Å²) in [5.74, 6) is 0.507. The van der Waals surface area contributed by atoms with Gasteiger partial charge >= 0.3 is 0 Å². The van der Waals surface area contributed by atoms with Crippen molar-refractivity contribution in [2.45, 2.75) is 26.2 Å². The maximum atomic E-state index is 11.7. The fourth-order valence-electron chi connectivity index (χ4n) is 2.02. The summed E-state index contributed by atoms with van der Waals surface area (Å²) >= 11 is 5.61. The molecule has 17 heavy (non-hydrogen) atoms. The molecule has 1 rings (SSSR count). The van der Waals surface area contributed by atoms with Gasteiger partial charge in [0, 0.05) is 19.0 Å². The van der Waals surface area contributed by atoms with Gasteiger partial charge in [0.2, 0.25) is 10.0 Å². The average Bonchev–Trinajstić information content (AvgIpc) is 2.29. The summed E-state index contributed by atoms with van der Waals surface area (Å²) in [6.45, 7) is 5.36. The summed E-state index contributed by atoms with van der Waals surface area (Å²) in [5, 5.41) is 0. The van der Waals surface area contributed by atoms with Gasteiger partial charge in [-0.2, -0.15) is 0 Å². The van der Waals surface area contributed by atoms with Crippen LogP contribution in [0.3, 0.4) is 0 Å². The monoisotopic (exact) mass is 282 g/mol. The van der Waals surface area contributed by atoms with E-state index >= 15 is 0 Å². The smallest absolute Gasteiger partial charge is 0.211 e. The van der Waals surface area contributed by atoms with Gasteiger partial charge in [0.1, 0.15) is 0 Å². The van der Waals surface area contributed by atoms with Gasteiger partial charge in [-0.1, -0.05) is 13.3 Å². The van der Waals surface area contributed by atoms with Crippen molar-refractivity contribution in [3.05, 3.63) is 0 Å². The lowest BCUT2D eigenvalue weighted by molar-refractivity contribution is 0.232. The fraction of sp³-hybridized carbons (Fsp3) is 1.00. The van der Waals surface area contributed by atoms with E-state index in [4.69, 9.17) is 11.6 Å². The van der Waals surface area contributed by atoms with Crippen LogP contribution in [-0.4, -0.2) is 51.1 Å². The third-order valence-corrected chi connectivity index (χ3v) is 5.14. The van der Waals surface area contributed by atoms with Gasteiger partial charge in [-0.25, -0.2) is 13.1 Å². The molecule has 0 spiro atoms. The Kier molecular flexibility index (Phi) is 6.77. The minimum Gasteiger partial charge on any atom is -0.302 e. The van der Waals surface area contributed by atoms with Crippen LogP contribution in [0, 0.1) is 5.92 Å². The number of hydrogen-bond donors (Lipinski definition) is 1. The van der Waals surface area contributed by atoms with Crippen LogP contribution < -0.4 is 4.72 Å². The molecule has 102 valence electrons. The Morgan fingerprint density at radius 3 is 2.53 bits per heavy atom. The Hall–Kier alpha value is 0.160. The van der Waals surface area contributed by atoms with Gasteiger partial charge in [0.15, 0.2) is 0 Å². The van der Waals surface area contributed by atoms with Crippen molar-refractivity contribution in [1.29, 1.82) is 0 Å². The van der Waals surface area contributed by atoms with Crippen molar-refractivity contribution >= 4 is 21.6 Å². The van der Waals surface area contributed by atoms with Crippen LogP contribution in [-0.2, 0) is 10.0 Å². The van der Waals surface area contributed by atoms with Crippen molar-refractivity contribution in [3.63, 3.8) is 0 Å². The lowest BCUT2D eigenvalue weighted by Crippen LogP contribution is -2.39. The molecule has 4 nitrogen and oxygen atoms in total. The van der Waals surface area contributed by atoms with E-state index < -0.39 is 10.0 Å². The van der Waals surface area contributed by atoms with Gasteiger partial charge in [0.25, 0.3) is 0 Å². The molecule has 1 heterocycles. The third-order valence-electron chi connectivity index (χ3n) is 2.97. The van der Waals surface area contributed by atoms with Gasteiger partial charge in [-0.3, -0.25) is 0 Å². The number of nitrogens with one attached hydrogen (secondary N) is 1. The highest BCUT2D eigenvalue weighted by atomic mass is 35.5. The Labute approximate surface area is 110 Å². The van der Waals surface area contributed by atoms with E-state index in [1.54, 1.807) is 0 Å². The van der Waals surface area contributed by atoms with Crippen molar-refractivity contribution in [2.75, 3.05) is 37.8 Å². The number of sulfonamides is 1. The van der Waals surface area contributed by atoms with Crippen LogP contribution in [0.15, 0.2) is 0 Å². The number of piperidine rings is 1. The second kappa shape index (κ2) is 7.56. The lowest BCUT2D eigenvalue weighted by Gasteiger charge is -2.26. The molecule has 1 saturated heterocycles. The van der Waals surface area contributed by atoms with E-state index in [2.05, 4.69) is 9.62 Å². The van der Waals surface area contributed by atoms with Gasteiger partial charge in [-0.05, 0) is 31.8 Å². The Morgan fingerprint density at radius 1 is 1.29 bits per heavy atom. The number of halogens is 1. The number of likely N-dealkylation sites (tertiary alicyclic amines) is 1. The predicted octanol–water partition coefficient (Wildman–Crippen LogP) is 1.27. The molecule has 1 aliphatic rings. The summed E-state index contributed by atoms with van der Waals surface area (Å²) in [7, 11) is -3.15. The van der Waals surface area contributed by atoms with E-state index in [-0.39, 0.29) is 11.7 Å². The van der Waals surface area contributed by atoms with Crippen LogP contribution in [0.1, 0.15) is 26.2 Å². The van der Waals surface area contributed by atoms with Crippen LogP contribution in [0.5, 0.6) is 0 Å². The minimum absolute atomic E-state index is 0.00385. The predicted molar refractivity (Wildman–Crippen MR) is 72.0 cm³/mol. The van der Waals surface area contributed by atoms with E-state index in [1.807, 2.05) is 6.92 Å². The molecule has 0 radical (unpaired) electrons. The first-order valence-corrected chi connectivity index (χ1v) is 8.48. The first-order valence-electron chi connectivity index (χ1n) is 6.29. The summed E-state index contributed by atoms with van der Waals surface area (Å²) in [6.07, 6.45) is 3.77. The fourth-order valence-corrected chi connectivity index (χ4v) is 3.65. The molecule has 0 aromatic heterocycles. The lowest BCUT2D eigenvalue weighted by atomic mass is 10.1. The molecular formula is C11H23ClN2O2S. The molecule has 0 amide bonds. The number of hydrogen-bond acceptors (Lipinski definition) is 3. The van der Waals surface area contributed by atoms with Gasteiger partial charge in [0.05, 0.1) is 5.75 Å². The average molecular weight is 283 g/mol. The first-order chi connectivity index (χ1) is 8.03. The Balaban J connectivity index is 2.20. The molecule has 1 N–H and O–H groups in total. The largest absolute Gasteiger partial charge is 0.302 e. The summed E-state index contributed by atoms with van der Waals surface area (Å²) in [4.78, 5) is 2.32. The molecule has 0 aromatic carbocycles. The van der Waals surface area contributed by atoms with Crippen LogP contribution in [0.2, 0.25) is 0 Å². The normalized spacial score (nSPS) is 20.4. The molecule has 1 unspecified atom stereocenters. The molecular weight excluding hydrogens is 260 g/mol. The molecule has 6 heteroatoms. The van der Waals surface area contributed by atoms with Gasteiger partial charge < -0.3 is 4.90 Å². The maximum absolute atomic E-state index is 11.7. The van der Waals surface area contributed by atoms with Gasteiger partial charge in [-0.15, -0.1) is 11.6 Å². The maximum Gasteiger partial charge on any atom is 0.211 e. The van der Waals surface area contributed by atoms with E-state index in [1.165, 1.54) is 19.3 Å². The van der Waals surface area contributed by atoms with Crippen molar-refractivity contribution < 1.29 is 8.42 Å². The molecule has 0 saturated carbocycles. The summed E-state index contributed by atoms with van der Waals surface area (Å²) in [5.41, 5.74) is 0. The highest BCUT2D eigenvalue weighted by molar-refractivity contribution is 7.89. The van der Waals surface area contributed by atoms with E-state index in [9.17, 15) is 8.42 Å². The standard InChI is InChI=1S/C11H23ClN2O2S/c1-11(9-12)10-17(15,16)13-5-8-14-6-3-2-4-7-14/h11,13H,2-10H2,1H3. The number of alkyl halides is 1. The zero-order valence-corrected chi connectivity index (χ0v) is 12.1. The minimum atomic E-state index is -3.15. The Morgan fingerprint density at radius 2 is 1.94 bits per heavy atom. The van der Waals surface area contributed by atoms with E-state index in [0.29, 0.717) is 12.4 Å². The quantitative estimate of drug-likeness (QED) is 0.716. The van der Waals surface area contributed by atoms with Crippen LogP contribution in [0.4, 0.5) is 0 Å². The molecule has 0 aliphatic carbocycles. The van der Waals surface area contributed by atoms with E-state index in [0.717, 1.165) is 19.6 Å². The van der Waals surface area contributed by atoms with Crippen LogP contribution in [0.25, 0.3) is 0 Å². The van der Waals surface area contributed by atoms with Crippen molar-refractivity contribution in [2.24, 2.45) is 5.92 Å². The first kappa shape index (κ1) is 15.2. The molecule has 1 aliphatic heterocycles. The van der Waals surface area contributed by atoms with Crippen molar-refractivity contribution in [1.82, 2.24) is 9.62 Å². The second-order valence-electron chi connectivity index (χ2n) is 4.84. The summed E-state index contributed by atoms with van der Waals surface area (Å²) in [6, 6.07) is 0. The molecule has 1 atom stereocenters. The molecule has 0 aromatic rings. The SMILES string of the molecule is CC(CCl)CS(=O)(=O)NCCN1CCCCC1. The molecule has 1 fully saturated rings.